The summed E-state index contributed by atoms with van der Waals surface area (Å²) in [6, 6.07) is 12.0. The Hall–Kier alpha value is -2.33. The van der Waals surface area contributed by atoms with Gasteiger partial charge in [0.2, 0.25) is 0 Å². The number of Topliss-reactive ketones (excluding diaryl/α,β-unsaturated/α-hetero) is 1. The van der Waals surface area contributed by atoms with E-state index in [0.29, 0.717) is 5.02 Å². The zero-order valence-electron chi connectivity index (χ0n) is 12.7. The van der Waals surface area contributed by atoms with Crippen LogP contribution in [0.5, 0.6) is 5.75 Å². The highest BCUT2D eigenvalue weighted by Crippen LogP contribution is 2.28. The van der Waals surface area contributed by atoms with E-state index in [9.17, 15) is 14.7 Å². The zero-order valence-corrected chi connectivity index (χ0v) is 13.5. The summed E-state index contributed by atoms with van der Waals surface area (Å²) in [5.41, 5.74) is 1.87. The number of ketones is 1. The van der Waals surface area contributed by atoms with E-state index in [1.807, 2.05) is 12.1 Å². The highest BCUT2D eigenvalue weighted by atomic mass is 35.5. The maximum atomic E-state index is 12.2. The van der Waals surface area contributed by atoms with Crippen LogP contribution in [-0.2, 0) is 9.53 Å². The highest BCUT2D eigenvalue weighted by molar-refractivity contribution is 6.30. The molecule has 0 bridgehead atoms. The molecule has 0 radical (unpaired) electrons. The van der Waals surface area contributed by atoms with Gasteiger partial charge in [-0.05, 0) is 42.3 Å². The van der Waals surface area contributed by atoms with Gasteiger partial charge < -0.3 is 9.84 Å². The number of hydrogen-bond acceptors (Lipinski definition) is 4. The van der Waals surface area contributed by atoms with Crippen molar-refractivity contribution in [3.8, 4) is 16.9 Å². The van der Waals surface area contributed by atoms with Gasteiger partial charge in [0.05, 0.1) is 18.6 Å². The van der Waals surface area contributed by atoms with Crippen molar-refractivity contribution in [3.05, 3.63) is 53.1 Å². The molecule has 1 N–H and O–H groups in total. The smallest absolute Gasteiger partial charge is 0.306 e. The Morgan fingerprint density at radius 1 is 1.04 bits per heavy atom. The Balaban J connectivity index is 2.18. The molecule has 0 amide bonds. The van der Waals surface area contributed by atoms with Crippen LogP contribution < -0.4 is 0 Å². The minimum absolute atomic E-state index is 0.00269. The minimum Gasteiger partial charge on any atom is -0.507 e. The molecular formula is C18H17ClO4. The van der Waals surface area contributed by atoms with Crippen molar-refractivity contribution in [3.63, 3.8) is 0 Å². The molecule has 0 spiro atoms. The number of hydrogen-bond donors (Lipinski definition) is 1. The van der Waals surface area contributed by atoms with Gasteiger partial charge in [0.15, 0.2) is 5.78 Å². The second-order valence-electron chi connectivity index (χ2n) is 4.97. The third-order valence-electron chi connectivity index (χ3n) is 3.34. The first-order chi connectivity index (χ1) is 11.0. The summed E-state index contributed by atoms with van der Waals surface area (Å²) in [5, 5.41) is 10.5. The Morgan fingerprint density at radius 2 is 1.70 bits per heavy atom. The average molecular weight is 333 g/mol. The standard InChI is InChI=1S/C18H17ClO4/c1-2-23-18(22)10-9-17(21)15-11-13(5-8-16(15)20)12-3-6-14(19)7-4-12/h3-8,11,20H,2,9-10H2,1H3. The maximum Gasteiger partial charge on any atom is 0.306 e. The van der Waals surface area contributed by atoms with Crippen LogP contribution in [0, 0.1) is 0 Å². The zero-order chi connectivity index (χ0) is 16.8. The first-order valence-electron chi connectivity index (χ1n) is 7.29. The van der Waals surface area contributed by atoms with Crippen LogP contribution in [0.3, 0.4) is 0 Å². The van der Waals surface area contributed by atoms with E-state index >= 15 is 0 Å². The second kappa shape index (κ2) is 7.79. The summed E-state index contributed by atoms with van der Waals surface area (Å²) in [4.78, 5) is 23.6. The summed E-state index contributed by atoms with van der Waals surface area (Å²) in [7, 11) is 0. The molecule has 0 unspecified atom stereocenters. The lowest BCUT2D eigenvalue weighted by Crippen LogP contribution is -2.08. The fraction of sp³-hybridized carbons (Fsp3) is 0.222. The molecule has 0 atom stereocenters. The van der Waals surface area contributed by atoms with E-state index in [2.05, 4.69) is 0 Å². The minimum atomic E-state index is -0.422. The predicted octanol–water partition coefficient (Wildman–Crippen LogP) is 4.24. The quantitative estimate of drug-likeness (QED) is 0.635. The Labute approximate surface area is 139 Å². The molecule has 2 rings (SSSR count). The molecule has 0 saturated carbocycles. The molecule has 0 aliphatic heterocycles. The van der Waals surface area contributed by atoms with Crippen LogP contribution in [0.15, 0.2) is 42.5 Å². The van der Waals surface area contributed by atoms with Gasteiger partial charge >= 0.3 is 5.97 Å². The van der Waals surface area contributed by atoms with Crippen molar-refractivity contribution in [2.75, 3.05) is 6.61 Å². The second-order valence-corrected chi connectivity index (χ2v) is 5.40. The largest absolute Gasteiger partial charge is 0.507 e. The van der Waals surface area contributed by atoms with E-state index in [0.717, 1.165) is 11.1 Å². The molecule has 0 aliphatic rings. The molecule has 0 saturated heterocycles. The van der Waals surface area contributed by atoms with E-state index in [1.165, 1.54) is 6.07 Å². The number of ether oxygens (including phenoxy) is 1. The van der Waals surface area contributed by atoms with Crippen molar-refractivity contribution in [1.82, 2.24) is 0 Å². The van der Waals surface area contributed by atoms with Crippen LogP contribution in [-0.4, -0.2) is 23.5 Å². The number of benzene rings is 2. The first-order valence-corrected chi connectivity index (χ1v) is 7.67. The molecule has 5 heteroatoms. The topological polar surface area (TPSA) is 63.6 Å². The number of halogens is 1. The molecule has 0 aromatic heterocycles. The average Bonchev–Trinajstić information content (AvgIpc) is 2.54. The van der Waals surface area contributed by atoms with Crippen LogP contribution in [0.25, 0.3) is 11.1 Å². The van der Waals surface area contributed by atoms with Crippen molar-refractivity contribution in [2.24, 2.45) is 0 Å². The predicted molar refractivity (Wildman–Crippen MR) is 88.8 cm³/mol. The van der Waals surface area contributed by atoms with Gasteiger partial charge in [-0.25, -0.2) is 0 Å². The van der Waals surface area contributed by atoms with Crippen LogP contribution in [0.4, 0.5) is 0 Å². The molecule has 23 heavy (non-hydrogen) atoms. The van der Waals surface area contributed by atoms with Crippen molar-refractivity contribution in [1.29, 1.82) is 0 Å². The summed E-state index contributed by atoms with van der Waals surface area (Å²) >= 11 is 5.86. The lowest BCUT2D eigenvalue weighted by molar-refractivity contribution is -0.143. The van der Waals surface area contributed by atoms with E-state index in [4.69, 9.17) is 16.3 Å². The lowest BCUT2D eigenvalue weighted by atomic mass is 9.99. The monoisotopic (exact) mass is 332 g/mol. The van der Waals surface area contributed by atoms with E-state index < -0.39 is 5.97 Å². The van der Waals surface area contributed by atoms with Crippen LogP contribution >= 0.6 is 11.6 Å². The maximum absolute atomic E-state index is 12.2. The van der Waals surface area contributed by atoms with Gasteiger partial charge in [0.1, 0.15) is 5.75 Å². The van der Waals surface area contributed by atoms with Gasteiger partial charge in [-0.15, -0.1) is 0 Å². The number of esters is 1. The van der Waals surface area contributed by atoms with Gasteiger partial charge in [-0.3, -0.25) is 9.59 Å². The summed E-state index contributed by atoms with van der Waals surface area (Å²) in [5.74, 6) is -0.822. The summed E-state index contributed by atoms with van der Waals surface area (Å²) < 4.78 is 4.80. The first kappa shape index (κ1) is 17.0. The molecule has 0 heterocycles. The fourth-order valence-corrected chi connectivity index (χ4v) is 2.29. The molecule has 2 aromatic rings. The van der Waals surface area contributed by atoms with Gasteiger partial charge in [0.25, 0.3) is 0 Å². The SMILES string of the molecule is CCOC(=O)CCC(=O)c1cc(-c2ccc(Cl)cc2)ccc1O. The summed E-state index contributed by atoms with van der Waals surface area (Å²) in [6.07, 6.45) is -0.00620. The third-order valence-corrected chi connectivity index (χ3v) is 3.59. The fourth-order valence-electron chi connectivity index (χ4n) is 2.16. The summed E-state index contributed by atoms with van der Waals surface area (Å²) in [6.45, 7) is 1.99. The van der Waals surface area contributed by atoms with Crippen molar-refractivity contribution in [2.45, 2.75) is 19.8 Å². The number of phenols is 1. The number of rotatable bonds is 6. The number of carbonyl (C=O) groups is 2. The normalized spacial score (nSPS) is 10.3. The molecular weight excluding hydrogens is 316 g/mol. The van der Waals surface area contributed by atoms with Gasteiger partial charge in [-0.1, -0.05) is 29.8 Å². The van der Waals surface area contributed by atoms with Gasteiger partial charge in [0, 0.05) is 11.4 Å². The lowest BCUT2D eigenvalue weighted by Gasteiger charge is -2.08. The number of phenolic OH excluding ortho intramolecular Hbond substituents is 1. The molecule has 4 nitrogen and oxygen atoms in total. The van der Waals surface area contributed by atoms with Crippen LogP contribution in [0.2, 0.25) is 5.02 Å². The Morgan fingerprint density at radius 3 is 2.35 bits per heavy atom. The molecule has 0 fully saturated rings. The highest BCUT2D eigenvalue weighted by Gasteiger charge is 2.15. The van der Waals surface area contributed by atoms with Crippen molar-refractivity contribution >= 4 is 23.4 Å². The molecule has 0 aliphatic carbocycles. The van der Waals surface area contributed by atoms with Gasteiger partial charge in [-0.2, -0.15) is 0 Å². The third kappa shape index (κ3) is 4.57. The van der Waals surface area contributed by atoms with E-state index in [-0.39, 0.29) is 36.5 Å². The van der Waals surface area contributed by atoms with E-state index in [1.54, 1.807) is 31.2 Å². The Kier molecular flexibility index (Phi) is 5.77. The number of aromatic hydroxyl groups is 1. The van der Waals surface area contributed by atoms with Crippen molar-refractivity contribution < 1.29 is 19.4 Å². The Bertz CT molecular complexity index is 707. The molecule has 2 aromatic carbocycles. The van der Waals surface area contributed by atoms with Crippen LogP contribution in [0.1, 0.15) is 30.1 Å². The molecule has 120 valence electrons. The number of carbonyl (C=O) groups excluding carboxylic acids is 2.